The lowest BCUT2D eigenvalue weighted by Gasteiger charge is -2.05. The number of para-hydroxylation sites is 1. The molecule has 0 aliphatic carbocycles. The van der Waals surface area contributed by atoms with Gasteiger partial charge in [-0.3, -0.25) is 4.79 Å². The third-order valence-electron chi connectivity index (χ3n) is 3.28. The zero-order valence-corrected chi connectivity index (χ0v) is 13.5. The molecule has 0 spiro atoms. The highest BCUT2D eigenvalue weighted by molar-refractivity contribution is 6.07. The number of esters is 1. The van der Waals surface area contributed by atoms with Gasteiger partial charge < -0.3 is 14.2 Å². The number of carbonyl (C=O) groups excluding carboxylic acids is 2. The molecule has 0 heterocycles. The molecular formula is C19H18O5. The first-order valence-electron chi connectivity index (χ1n) is 7.29. The van der Waals surface area contributed by atoms with Gasteiger partial charge in [0.25, 0.3) is 0 Å². The van der Waals surface area contributed by atoms with E-state index in [2.05, 4.69) is 4.74 Å². The number of carbonyl (C=O) groups is 2. The van der Waals surface area contributed by atoms with Crippen molar-refractivity contribution < 1.29 is 23.8 Å². The van der Waals surface area contributed by atoms with E-state index in [1.807, 2.05) is 24.3 Å². The van der Waals surface area contributed by atoms with E-state index in [0.717, 1.165) is 5.56 Å². The van der Waals surface area contributed by atoms with Crippen LogP contribution in [0.5, 0.6) is 11.5 Å². The van der Waals surface area contributed by atoms with Gasteiger partial charge in [0.2, 0.25) is 0 Å². The molecule has 124 valence electrons. The Kier molecular flexibility index (Phi) is 6.14. The Labute approximate surface area is 140 Å². The van der Waals surface area contributed by atoms with Gasteiger partial charge in [-0.1, -0.05) is 18.2 Å². The fourth-order valence-corrected chi connectivity index (χ4v) is 1.98. The summed E-state index contributed by atoms with van der Waals surface area (Å²) in [5, 5.41) is 0. The van der Waals surface area contributed by atoms with Gasteiger partial charge in [-0.05, 0) is 42.5 Å². The van der Waals surface area contributed by atoms with Crippen LogP contribution in [0, 0.1) is 0 Å². The number of methoxy groups -OCH3 is 2. The van der Waals surface area contributed by atoms with Crippen molar-refractivity contribution in [3.8, 4) is 11.5 Å². The van der Waals surface area contributed by atoms with Crippen LogP contribution in [0.1, 0.15) is 15.9 Å². The number of hydrogen-bond donors (Lipinski definition) is 0. The summed E-state index contributed by atoms with van der Waals surface area (Å²) in [7, 11) is 2.88. The predicted octanol–water partition coefficient (Wildman–Crippen LogP) is 3.14. The smallest absolute Gasteiger partial charge is 0.343 e. The van der Waals surface area contributed by atoms with Crippen LogP contribution in [0.25, 0.3) is 6.08 Å². The average Bonchev–Trinajstić information content (AvgIpc) is 2.64. The van der Waals surface area contributed by atoms with Crippen LogP contribution in [0.2, 0.25) is 0 Å². The Morgan fingerprint density at radius 3 is 2.38 bits per heavy atom. The highest BCUT2D eigenvalue weighted by atomic mass is 16.6. The highest BCUT2D eigenvalue weighted by Gasteiger charge is 2.05. The van der Waals surface area contributed by atoms with Crippen molar-refractivity contribution in [2.45, 2.75) is 0 Å². The summed E-state index contributed by atoms with van der Waals surface area (Å²) in [6.45, 7) is -0.169. The third kappa shape index (κ3) is 4.71. The maximum absolute atomic E-state index is 12.2. The second-order valence-corrected chi connectivity index (χ2v) is 4.83. The second-order valence-electron chi connectivity index (χ2n) is 4.83. The minimum atomic E-state index is -0.463. The zero-order chi connectivity index (χ0) is 17.4. The number of allylic oxidation sites excluding steroid dienone is 1. The molecule has 0 radical (unpaired) electrons. The van der Waals surface area contributed by atoms with Crippen LogP contribution >= 0.6 is 0 Å². The fraction of sp³-hybridized carbons (Fsp3) is 0.158. The summed E-state index contributed by atoms with van der Waals surface area (Å²) in [5.41, 5.74) is 1.35. The van der Waals surface area contributed by atoms with Crippen molar-refractivity contribution in [2.24, 2.45) is 0 Å². The van der Waals surface area contributed by atoms with Crippen molar-refractivity contribution in [1.82, 2.24) is 0 Å². The minimum absolute atomic E-state index is 0.138. The molecule has 0 aromatic heterocycles. The number of rotatable bonds is 7. The monoisotopic (exact) mass is 326 g/mol. The van der Waals surface area contributed by atoms with Crippen molar-refractivity contribution >= 4 is 17.8 Å². The molecule has 0 bridgehead atoms. The van der Waals surface area contributed by atoms with Crippen molar-refractivity contribution in [2.75, 3.05) is 20.8 Å². The maximum atomic E-state index is 12.2. The first-order chi connectivity index (χ1) is 11.6. The van der Waals surface area contributed by atoms with E-state index in [1.54, 1.807) is 37.5 Å². The van der Waals surface area contributed by atoms with Crippen LogP contribution in [-0.4, -0.2) is 32.6 Å². The van der Waals surface area contributed by atoms with E-state index in [9.17, 15) is 9.59 Å². The quantitative estimate of drug-likeness (QED) is 0.444. The summed E-state index contributed by atoms with van der Waals surface area (Å²) in [6.07, 6.45) is 3.20. The number of ether oxygens (including phenoxy) is 3. The molecule has 0 amide bonds. The first kappa shape index (κ1) is 17.3. The fourth-order valence-electron chi connectivity index (χ4n) is 1.98. The van der Waals surface area contributed by atoms with Crippen LogP contribution in [-0.2, 0) is 9.53 Å². The van der Waals surface area contributed by atoms with Crippen molar-refractivity contribution in [3.05, 3.63) is 65.7 Å². The largest absolute Gasteiger partial charge is 0.496 e. The minimum Gasteiger partial charge on any atom is -0.496 e. The van der Waals surface area contributed by atoms with Gasteiger partial charge in [-0.25, -0.2) is 4.79 Å². The SMILES string of the molecule is COC(=O)COc1ccc(C(=O)C=Cc2ccccc2OC)cc1. The lowest BCUT2D eigenvalue weighted by atomic mass is 10.1. The third-order valence-corrected chi connectivity index (χ3v) is 3.28. The highest BCUT2D eigenvalue weighted by Crippen LogP contribution is 2.19. The molecular weight excluding hydrogens is 308 g/mol. The summed E-state index contributed by atoms with van der Waals surface area (Å²) in [6, 6.07) is 14.0. The molecule has 0 fully saturated rings. The molecule has 2 aromatic rings. The molecule has 2 rings (SSSR count). The molecule has 24 heavy (non-hydrogen) atoms. The number of hydrogen-bond acceptors (Lipinski definition) is 5. The van der Waals surface area contributed by atoms with Crippen LogP contribution < -0.4 is 9.47 Å². The summed E-state index contributed by atoms with van der Waals surface area (Å²) in [4.78, 5) is 23.2. The van der Waals surface area contributed by atoms with Gasteiger partial charge in [0, 0.05) is 11.1 Å². The number of ketones is 1. The normalized spacial score (nSPS) is 10.4. The maximum Gasteiger partial charge on any atom is 0.343 e. The Hall–Kier alpha value is -3.08. The van der Waals surface area contributed by atoms with Crippen molar-refractivity contribution in [1.29, 1.82) is 0 Å². The molecule has 5 heteroatoms. The Morgan fingerprint density at radius 2 is 1.71 bits per heavy atom. The van der Waals surface area contributed by atoms with Gasteiger partial charge in [0.1, 0.15) is 11.5 Å². The van der Waals surface area contributed by atoms with E-state index >= 15 is 0 Å². The van der Waals surface area contributed by atoms with E-state index in [-0.39, 0.29) is 12.4 Å². The zero-order valence-electron chi connectivity index (χ0n) is 13.5. The molecule has 0 aliphatic heterocycles. The van der Waals surface area contributed by atoms with Gasteiger partial charge in [-0.2, -0.15) is 0 Å². The van der Waals surface area contributed by atoms with E-state index in [0.29, 0.717) is 17.1 Å². The molecule has 0 unspecified atom stereocenters. The Bertz CT molecular complexity index is 732. The first-order valence-corrected chi connectivity index (χ1v) is 7.29. The molecule has 0 atom stereocenters. The lowest BCUT2D eigenvalue weighted by molar-refractivity contribution is -0.142. The van der Waals surface area contributed by atoms with Gasteiger partial charge in [0.15, 0.2) is 12.4 Å². The topological polar surface area (TPSA) is 61.8 Å². The van der Waals surface area contributed by atoms with Crippen LogP contribution in [0.15, 0.2) is 54.6 Å². The van der Waals surface area contributed by atoms with Crippen LogP contribution in [0.4, 0.5) is 0 Å². The van der Waals surface area contributed by atoms with E-state index < -0.39 is 5.97 Å². The standard InChI is InChI=1S/C19H18O5/c1-22-18-6-4-3-5-15(18)9-12-17(20)14-7-10-16(11-8-14)24-13-19(21)23-2/h3-12H,13H2,1-2H3. The van der Waals surface area contributed by atoms with Crippen molar-refractivity contribution in [3.63, 3.8) is 0 Å². The predicted molar refractivity (Wildman–Crippen MR) is 90.3 cm³/mol. The molecule has 0 N–H and O–H groups in total. The van der Waals surface area contributed by atoms with Gasteiger partial charge >= 0.3 is 5.97 Å². The van der Waals surface area contributed by atoms with E-state index in [4.69, 9.17) is 9.47 Å². The van der Waals surface area contributed by atoms with Gasteiger partial charge in [-0.15, -0.1) is 0 Å². The lowest BCUT2D eigenvalue weighted by Crippen LogP contribution is -2.12. The average molecular weight is 326 g/mol. The molecule has 0 aliphatic rings. The summed E-state index contributed by atoms with van der Waals surface area (Å²) < 4.78 is 15.0. The summed E-state index contributed by atoms with van der Waals surface area (Å²) >= 11 is 0. The number of benzene rings is 2. The molecule has 0 saturated carbocycles. The second kappa shape index (κ2) is 8.53. The molecule has 0 saturated heterocycles. The molecule has 2 aromatic carbocycles. The Balaban J connectivity index is 2.02. The van der Waals surface area contributed by atoms with E-state index in [1.165, 1.54) is 13.2 Å². The van der Waals surface area contributed by atoms with Crippen LogP contribution in [0.3, 0.4) is 0 Å². The Morgan fingerprint density at radius 1 is 1.00 bits per heavy atom. The molecule has 5 nitrogen and oxygen atoms in total. The van der Waals surface area contributed by atoms with Gasteiger partial charge in [0.05, 0.1) is 14.2 Å². The summed E-state index contributed by atoms with van der Waals surface area (Å²) in [5.74, 6) is 0.592.